The molecular weight excluding hydrogens is 258 g/mol. The Bertz CT molecular complexity index is 585. The number of hydrogen-bond donors (Lipinski definition) is 2. The maximum atomic E-state index is 11.7. The Morgan fingerprint density at radius 3 is 2.85 bits per heavy atom. The molecule has 0 spiro atoms. The number of aryl methyl sites for hydroxylation is 2. The average molecular weight is 275 g/mol. The van der Waals surface area contributed by atoms with Crippen molar-refractivity contribution in [2.45, 2.75) is 38.1 Å². The van der Waals surface area contributed by atoms with Crippen molar-refractivity contribution in [3.05, 3.63) is 22.9 Å². The van der Waals surface area contributed by atoms with E-state index in [9.17, 15) is 14.7 Å². The van der Waals surface area contributed by atoms with E-state index in [1.165, 1.54) is 0 Å². The van der Waals surface area contributed by atoms with Crippen LogP contribution in [-0.2, 0) is 17.6 Å². The molecule has 6 nitrogen and oxygen atoms in total. The average Bonchev–Trinajstić information content (AvgIpc) is 3.05. The van der Waals surface area contributed by atoms with Crippen molar-refractivity contribution in [3.63, 3.8) is 0 Å². The van der Waals surface area contributed by atoms with Crippen molar-refractivity contribution >= 4 is 17.7 Å². The Balaban J connectivity index is 2.08. The van der Waals surface area contributed by atoms with Crippen LogP contribution >= 0.6 is 0 Å². The van der Waals surface area contributed by atoms with E-state index in [4.69, 9.17) is 5.73 Å². The number of carbonyl (C=O) groups is 2. The second kappa shape index (κ2) is 4.77. The zero-order chi connectivity index (χ0) is 14.3. The highest BCUT2D eigenvalue weighted by molar-refractivity contribution is 5.98. The number of anilines is 1. The van der Waals surface area contributed by atoms with E-state index in [0.29, 0.717) is 24.3 Å². The summed E-state index contributed by atoms with van der Waals surface area (Å²) in [5.74, 6) is -0.971. The SMILES string of the molecule is NC(=O)c1cc2c(nc1N1CCCC1C(=O)O)CCC2. The fourth-order valence-electron chi connectivity index (χ4n) is 3.14. The highest BCUT2D eigenvalue weighted by atomic mass is 16.4. The Labute approximate surface area is 116 Å². The fraction of sp³-hybridized carbons (Fsp3) is 0.500. The van der Waals surface area contributed by atoms with E-state index in [2.05, 4.69) is 4.98 Å². The molecule has 2 heterocycles. The Morgan fingerprint density at radius 1 is 1.35 bits per heavy atom. The zero-order valence-electron chi connectivity index (χ0n) is 11.1. The summed E-state index contributed by atoms with van der Waals surface area (Å²) in [5, 5.41) is 9.28. The number of fused-ring (bicyclic) bond motifs is 1. The van der Waals surface area contributed by atoms with Crippen LogP contribution in [0.1, 0.15) is 40.9 Å². The predicted molar refractivity (Wildman–Crippen MR) is 72.8 cm³/mol. The summed E-state index contributed by atoms with van der Waals surface area (Å²) in [6, 6.07) is 1.18. The number of aromatic nitrogens is 1. The molecular formula is C14H17N3O3. The molecule has 3 rings (SSSR count). The molecule has 106 valence electrons. The first-order chi connectivity index (χ1) is 9.58. The van der Waals surface area contributed by atoms with Gasteiger partial charge in [-0.05, 0) is 43.7 Å². The van der Waals surface area contributed by atoms with Gasteiger partial charge >= 0.3 is 5.97 Å². The normalized spacial score (nSPS) is 21.0. The largest absolute Gasteiger partial charge is 0.480 e. The van der Waals surface area contributed by atoms with Crippen LogP contribution in [-0.4, -0.2) is 34.6 Å². The molecule has 1 saturated heterocycles. The topological polar surface area (TPSA) is 96.5 Å². The van der Waals surface area contributed by atoms with Gasteiger partial charge in [0.2, 0.25) is 0 Å². The lowest BCUT2D eigenvalue weighted by Crippen LogP contribution is -2.38. The Hall–Kier alpha value is -2.11. The lowest BCUT2D eigenvalue weighted by Gasteiger charge is -2.25. The van der Waals surface area contributed by atoms with Crippen LogP contribution in [0.5, 0.6) is 0 Å². The molecule has 2 aliphatic rings. The summed E-state index contributed by atoms with van der Waals surface area (Å²) in [4.78, 5) is 29.2. The van der Waals surface area contributed by atoms with Crippen molar-refractivity contribution in [2.75, 3.05) is 11.4 Å². The number of carboxylic acid groups (broad SMARTS) is 1. The van der Waals surface area contributed by atoms with Gasteiger partial charge in [-0.1, -0.05) is 0 Å². The summed E-state index contributed by atoms with van der Waals surface area (Å²) < 4.78 is 0. The van der Waals surface area contributed by atoms with Crippen LogP contribution in [0.2, 0.25) is 0 Å². The van der Waals surface area contributed by atoms with Gasteiger partial charge in [-0.15, -0.1) is 0 Å². The molecule has 20 heavy (non-hydrogen) atoms. The lowest BCUT2D eigenvalue weighted by molar-refractivity contribution is -0.138. The van der Waals surface area contributed by atoms with Crippen molar-refractivity contribution in [3.8, 4) is 0 Å². The van der Waals surface area contributed by atoms with Gasteiger partial charge in [0.1, 0.15) is 11.9 Å². The molecule has 0 bridgehead atoms. The van der Waals surface area contributed by atoms with Gasteiger partial charge in [-0.2, -0.15) is 0 Å². The summed E-state index contributed by atoms with van der Waals surface area (Å²) >= 11 is 0. The van der Waals surface area contributed by atoms with Crippen LogP contribution in [0.3, 0.4) is 0 Å². The highest BCUT2D eigenvalue weighted by Gasteiger charge is 2.34. The van der Waals surface area contributed by atoms with Crippen molar-refractivity contribution in [1.29, 1.82) is 0 Å². The summed E-state index contributed by atoms with van der Waals surface area (Å²) in [6.45, 7) is 0.600. The first kappa shape index (κ1) is 12.9. The van der Waals surface area contributed by atoms with Crippen LogP contribution in [0.25, 0.3) is 0 Å². The lowest BCUT2D eigenvalue weighted by atomic mass is 10.1. The second-order valence-corrected chi connectivity index (χ2v) is 5.37. The monoisotopic (exact) mass is 275 g/mol. The van der Waals surface area contributed by atoms with Crippen LogP contribution < -0.4 is 10.6 Å². The number of carbonyl (C=O) groups excluding carboxylic acids is 1. The molecule has 1 fully saturated rings. The number of carboxylic acids is 1. The van der Waals surface area contributed by atoms with Crippen LogP contribution in [0.15, 0.2) is 6.07 Å². The fourth-order valence-corrected chi connectivity index (χ4v) is 3.14. The quantitative estimate of drug-likeness (QED) is 0.847. The molecule has 0 aromatic carbocycles. The number of aliphatic carboxylic acids is 1. The van der Waals surface area contributed by atoms with E-state index in [1.807, 2.05) is 0 Å². The maximum Gasteiger partial charge on any atom is 0.326 e. The minimum absolute atomic E-state index is 0.346. The molecule has 3 N–H and O–H groups in total. The molecule has 0 saturated carbocycles. The van der Waals surface area contributed by atoms with Crippen molar-refractivity contribution < 1.29 is 14.7 Å². The number of nitrogens with zero attached hydrogens (tertiary/aromatic N) is 2. The molecule has 1 atom stereocenters. The van der Waals surface area contributed by atoms with E-state index >= 15 is 0 Å². The number of rotatable bonds is 3. The zero-order valence-corrected chi connectivity index (χ0v) is 11.1. The molecule has 6 heteroatoms. The standard InChI is InChI=1S/C14H17N3O3/c15-12(18)9-7-8-3-1-4-10(8)16-13(9)17-6-2-5-11(17)14(19)20/h7,11H,1-6H2,(H2,15,18)(H,19,20). The molecule has 1 aromatic heterocycles. The predicted octanol–water partition coefficient (Wildman–Crippen LogP) is 0.723. The van der Waals surface area contributed by atoms with Crippen molar-refractivity contribution in [1.82, 2.24) is 4.98 Å². The van der Waals surface area contributed by atoms with Crippen LogP contribution in [0.4, 0.5) is 5.82 Å². The highest BCUT2D eigenvalue weighted by Crippen LogP contribution is 2.31. The summed E-state index contributed by atoms with van der Waals surface area (Å²) in [5.41, 5.74) is 7.83. The molecule has 1 amide bonds. The third-order valence-corrected chi connectivity index (χ3v) is 4.11. The van der Waals surface area contributed by atoms with Gasteiger partial charge in [0.15, 0.2) is 0 Å². The Kier molecular flexibility index (Phi) is 3.08. The molecule has 1 aliphatic heterocycles. The molecule has 1 aromatic rings. The van der Waals surface area contributed by atoms with E-state index < -0.39 is 17.9 Å². The van der Waals surface area contributed by atoms with E-state index in [1.54, 1.807) is 11.0 Å². The molecule has 1 unspecified atom stereocenters. The maximum absolute atomic E-state index is 11.7. The number of primary amides is 1. The minimum Gasteiger partial charge on any atom is -0.480 e. The first-order valence-corrected chi connectivity index (χ1v) is 6.90. The number of amides is 1. The summed E-state index contributed by atoms with van der Waals surface area (Å²) in [6.07, 6.45) is 4.17. The minimum atomic E-state index is -0.875. The number of pyridine rings is 1. The smallest absolute Gasteiger partial charge is 0.326 e. The van der Waals surface area contributed by atoms with Crippen molar-refractivity contribution in [2.24, 2.45) is 5.73 Å². The second-order valence-electron chi connectivity index (χ2n) is 5.37. The summed E-state index contributed by atoms with van der Waals surface area (Å²) in [7, 11) is 0. The van der Waals surface area contributed by atoms with Gasteiger partial charge in [0.25, 0.3) is 5.91 Å². The number of hydrogen-bond acceptors (Lipinski definition) is 4. The van der Waals surface area contributed by atoms with Gasteiger partial charge in [-0.3, -0.25) is 4.79 Å². The van der Waals surface area contributed by atoms with E-state index in [-0.39, 0.29) is 0 Å². The van der Waals surface area contributed by atoms with Gasteiger partial charge < -0.3 is 15.7 Å². The van der Waals surface area contributed by atoms with Gasteiger partial charge in [-0.25, -0.2) is 9.78 Å². The third-order valence-electron chi connectivity index (χ3n) is 4.11. The number of nitrogens with two attached hydrogens (primary N) is 1. The third kappa shape index (κ3) is 2.01. The first-order valence-electron chi connectivity index (χ1n) is 6.90. The van der Waals surface area contributed by atoms with Gasteiger partial charge in [0, 0.05) is 12.2 Å². The van der Waals surface area contributed by atoms with E-state index in [0.717, 1.165) is 36.9 Å². The molecule has 1 aliphatic carbocycles. The van der Waals surface area contributed by atoms with Gasteiger partial charge in [0.05, 0.1) is 5.56 Å². The van der Waals surface area contributed by atoms with Crippen LogP contribution in [0, 0.1) is 0 Å². The molecule has 0 radical (unpaired) electrons. The Morgan fingerprint density at radius 2 is 2.15 bits per heavy atom.